The quantitative estimate of drug-likeness (QED) is 0.896. The molecule has 0 atom stereocenters. The molecule has 0 spiro atoms. The van der Waals surface area contributed by atoms with Crippen LogP contribution in [-0.4, -0.2) is 10.9 Å². The average molecular weight is 289 g/mol. The van der Waals surface area contributed by atoms with Gasteiger partial charge in [-0.1, -0.05) is 50.6 Å². The Morgan fingerprint density at radius 2 is 1.90 bits per heavy atom. The van der Waals surface area contributed by atoms with Crippen molar-refractivity contribution in [1.29, 1.82) is 0 Å². The summed E-state index contributed by atoms with van der Waals surface area (Å²) in [6.07, 6.45) is 1.59. The van der Waals surface area contributed by atoms with Crippen LogP contribution in [-0.2, 0) is 5.41 Å². The lowest BCUT2D eigenvalue weighted by Gasteiger charge is -2.22. The molecule has 0 aliphatic carbocycles. The Morgan fingerprint density at radius 1 is 1.15 bits per heavy atom. The van der Waals surface area contributed by atoms with Gasteiger partial charge in [-0.25, -0.2) is 0 Å². The summed E-state index contributed by atoms with van der Waals surface area (Å²) in [7, 11) is 0. The van der Waals surface area contributed by atoms with E-state index in [4.69, 9.17) is 11.6 Å². The van der Waals surface area contributed by atoms with Gasteiger partial charge in [0.15, 0.2) is 0 Å². The second-order valence-electron chi connectivity index (χ2n) is 5.59. The Kier molecular flexibility index (Phi) is 4.09. The van der Waals surface area contributed by atoms with Crippen LogP contribution in [0.1, 0.15) is 36.8 Å². The predicted octanol–water partition coefficient (Wildman–Crippen LogP) is 4.28. The van der Waals surface area contributed by atoms with Crippen molar-refractivity contribution in [2.45, 2.75) is 26.2 Å². The lowest BCUT2D eigenvalue weighted by Crippen LogP contribution is -2.16. The number of anilines is 1. The lowest BCUT2D eigenvalue weighted by molar-refractivity contribution is 0.102. The van der Waals surface area contributed by atoms with Gasteiger partial charge >= 0.3 is 0 Å². The van der Waals surface area contributed by atoms with E-state index in [1.165, 1.54) is 0 Å². The summed E-state index contributed by atoms with van der Waals surface area (Å²) in [5.74, 6) is -0.265. The molecule has 1 heterocycles. The molecule has 1 aromatic carbocycles. The lowest BCUT2D eigenvalue weighted by atomic mass is 9.87. The third kappa shape index (κ3) is 3.17. The Hall–Kier alpha value is -1.87. The van der Waals surface area contributed by atoms with Gasteiger partial charge < -0.3 is 5.32 Å². The highest BCUT2D eigenvalue weighted by atomic mass is 35.5. The number of carbonyl (C=O) groups excluding carboxylic acids is 1. The van der Waals surface area contributed by atoms with Crippen LogP contribution in [0.15, 0.2) is 42.6 Å². The predicted molar refractivity (Wildman–Crippen MR) is 82.3 cm³/mol. The first kappa shape index (κ1) is 14.5. The van der Waals surface area contributed by atoms with Crippen LogP contribution in [0.4, 0.5) is 5.69 Å². The summed E-state index contributed by atoms with van der Waals surface area (Å²) >= 11 is 6.39. The molecule has 1 aromatic heterocycles. The maximum absolute atomic E-state index is 12.1. The van der Waals surface area contributed by atoms with E-state index in [0.717, 1.165) is 5.56 Å². The van der Waals surface area contributed by atoms with E-state index in [1.807, 2.05) is 12.1 Å². The fraction of sp³-hybridized carbons (Fsp3) is 0.250. The van der Waals surface area contributed by atoms with Crippen molar-refractivity contribution in [3.8, 4) is 0 Å². The maximum atomic E-state index is 12.1. The van der Waals surface area contributed by atoms with E-state index < -0.39 is 0 Å². The Balaban J connectivity index is 2.29. The first-order valence-corrected chi connectivity index (χ1v) is 6.79. The molecule has 0 bridgehead atoms. The van der Waals surface area contributed by atoms with Crippen molar-refractivity contribution in [1.82, 2.24) is 4.98 Å². The number of hydrogen-bond acceptors (Lipinski definition) is 2. The van der Waals surface area contributed by atoms with Gasteiger partial charge in [-0.2, -0.15) is 0 Å². The molecular weight excluding hydrogens is 272 g/mol. The SMILES string of the molecule is CC(C)(C)c1cccc(NC(=O)c2ccccn2)c1Cl. The zero-order valence-electron chi connectivity index (χ0n) is 11.8. The van der Waals surface area contributed by atoms with E-state index in [-0.39, 0.29) is 11.3 Å². The normalized spacial score (nSPS) is 11.2. The highest BCUT2D eigenvalue weighted by Crippen LogP contribution is 2.34. The molecule has 0 unspecified atom stereocenters. The highest BCUT2D eigenvalue weighted by molar-refractivity contribution is 6.34. The van der Waals surface area contributed by atoms with Gasteiger partial charge in [0.1, 0.15) is 5.69 Å². The Morgan fingerprint density at radius 3 is 2.50 bits per heavy atom. The molecule has 2 aromatic rings. The monoisotopic (exact) mass is 288 g/mol. The zero-order chi connectivity index (χ0) is 14.8. The fourth-order valence-corrected chi connectivity index (χ4v) is 2.35. The molecule has 0 aliphatic heterocycles. The van der Waals surface area contributed by atoms with E-state index >= 15 is 0 Å². The fourth-order valence-electron chi connectivity index (χ4n) is 1.89. The molecule has 3 nitrogen and oxygen atoms in total. The molecule has 0 aliphatic rings. The third-order valence-corrected chi connectivity index (χ3v) is 3.36. The number of carbonyl (C=O) groups is 1. The Bertz CT molecular complexity index is 618. The minimum atomic E-state index is -0.265. The van der Waals surface area contributed by atoms with Gasteiger partial charge in [-0.15, -0.1) is 0 Å². The van der Waals surface area contributed by atoms with Crippen LogP contribution in [0, 0.1) is 0 Å². The number of rotatable bonds is 2. The number of hydrogen-bond donors (Lipinski definition) is 1. The second kappa shape index (κ2) is 5.63. The van der Waals surface area contributed by atoms with Crippen LogP contribution >= 0.6 is 11.6 Å². The smallest absolute Gasteiger partial charge is 0.274 e. The van der Waals surface area contributed by atoms with Crippen LogP contribution in [0.5, 0.6) is 0 Å². The van der Waals surface area contributed by atoms with Gasteiger partial charge in [0, 0.05) is 6.20 Å². The molecule has 0 radical (unpaired) electrons. The van der Waals surface area contributed by atoms with Crippen LogP contribution < -0.4 is 5.32 Å². The minimum absolute atomic E-state index is 0.0805. The first-order chi connectivity index (χ1) is 9.39. The molecule has 0 saturated carbocycles. The molecule has 0 saturated heterocycles. The standard InChI is InChI=1S/C16H17ClN2O/c1-16(2,3)11-7-6-9-12(14(11)17)19-15(20)13-8-4-5-10-18-13/h4-10H,1-3H3,(H,19,20). The molecule has 104 valence electrons. The largest absolute Gasteiger partial charge is 0.319 e. The average Bonchev–Trinajstić information content (AvgIpc) is 2.40. The third-order valence-electron chi connectivity index (χ3n) is 2.95. The van der Waals surface area contributed by atoms with Gasteiger partial charge in [0.2, 0.25) is 0 Å². The van der Waals surface area contributed by atoms with E-state index in [0.29, 0.717) is 16.4 Å². The number of amides is 1. The molecular formula is C16H17ClN2O. The molecule has 20 heavy (non-hydrogen) atoms. The van der Waals surface area contributed by atoms with Crippen molar-refractivity contribution in [2.24, 2.45) is 0 Å². The van der Waals surface area contributed by atoms with Crippen LogP contribution in [0.2, 0.25) is 5.02 Å². The second-order valence-corrected chi connectivity index (χ2v) is 5.96. The van der Waals surface area contributed by atoms with E-state index in [9.17, 15) is 4.79 Å². The van der Waals surface area contributed by atoms with Crippen molar-refractivity contribution < 1.29 is 4.79 Å². The molecule has 2 rings (SSSR count). The number of benzene rings is 1. The summed E-state index contributed by atoms with van der Waals surface area (Å²) in [4.78, 5) is 16.1. The van der Waals surface area contributed by atoms with Gasteiger partial charge in [0.05, 0.1) is 10.7 Å². The van der Waals surface area contributed by atoms with Crippen molar-refractivity contribution >= 4 is 23.2 Å². The number of pyridine rings is 1. The topological polar surface area (TPSA) is 42.0 Å². The van der Waals surface area contributed by atoms with Crippen molar-refractivity contribution in [3.05, 3.63) is 58.9 Å². The summed E-state index contributed by atoms with van der Waals surface area (Å²) in [5.41, 5.74) is 1.89. The van der Waals surface area contributed by atoms with Gasteiger partial charge in [0.25, 0.3) is 5.91 Å². The zero-order valence-corrected chi connectivity index (χ0v) is 12.5. The highest BCUT2D eigenvalue weighted by Gasteiger charge is 2.20. The summed E-state index contributed by atoms with van der Waals surface area (Å²) < 4.78 is 0. The summed E-state index contributed by atoms with van der Waals surface area (Å²) in [5, 5.41) is 3.38. The van der Waals surface area contributed by atoms with Gasteiger partial charge in [-0.05, 0) is 29.2 Å². The Labute approximate surface area is 124 Å². The van der Waals surface area contributed by atoms with E-state index in [1.54, 1.807) is 30.5 Å². The van der Waals surface area contributed by atoms with Gasteiger partial charge in [-0.3, -0.25) is 9.78 Å². The van der Waals surface area contributed by atoms with Crippen LogP contribution in [0.3, 0.4) is 0 Å². The number of nitrogens with zero attached hydrogens (tertiary/aromatic N) is 1. The summed E-state index contributed by atoms with van der Waals surface area (Å²) in [6.45, 7) is 6.25. The van der Waals surface area contributed by atoms with Crippen LogP contribution in [0.25, 0.3) is 0 Å². The van der Waals surface area contributed by atoms with E-state index in [2.05, 4.69) is 31.1 Å². The molecule has 0 fully saturated rings. The van der Waals surface area contributed by atoms with Crippen molar-refractivity contribution in [2.75, 3.05) is 5.32 Å². The molecule has 1 N–H and O–H groups in total. The summed E-state index contributed by atoms with van der Waals surface area (Å²) in [6, 6.07) is 10.9. The molecule has 4 heteroatoms. The first-order valence-electron chi connectivity index (χ1n) is 6.41. The number of aromatic nitrogens is 1. The molecule has 1 amide bonds. The maximum Gasteiger partial charge on any atom is 0.274 e. The van der Waals surface area contributed by atoms with Crippen molar-refractivity contribution in [3.63, 3.8) is 0 Å². The number of halogens is 1. The number of nitrogens with one attached hydrogen (secondary N) is 1. The minimum Gasteiger partial charge on any atom is -0.319 e.